The molecule has 204 valence electrons. The number of hydrogen-bond acceptors (Lipinski definition) is 4. The van der Waals surface area contributed by atoms with Crippen LogP contribution in [0.1, 0.15) is 6.92 Å². The van der Waals surface area contributed by atoms with Gasteiger partial charge in [0.05, 0.1) is 0 Å². The van der Waals surface area contributed by atoms with Crippen molar-refractivity contribution in [3.05, 3.63) is 89.8 Å². The first kappa shape index (κ1) is 24.9. The number of nitrogens with zero attached hydrogens (tertiary/aromatic N) is 4. The van der Waals surface area contributed by atoms with Crippen molar-refractivity contribution < 1.29 is 35.1 Å². The Labute approximate surface area is 218 Å². The van der Waals surface area contributed by atoms with Crippen LogP contribution in [-0.2, 0) is 0 Å². The predicted octanol–water partition coefficient (Wildman–Crippen LogP) is 4.08. The molecule has 14 heteroatoms. The van der Waals surface area contributed by atoms with Gasteiger partial charge in [-0.2, -0.15) is 0 Å². The van der Waals surface area contributed by atoms with Crippen molar-refractivity contribution in [2.24, 2.45) is 0 Å². The van der Waals surface area contributed by atoms with Crippen molar-refractivity contribution in [1.29, 1.82) is 0 Å². The van der Waals surface area contributed by atoms with E-state index in [2.05, 4.69) is 16.5 Å². The summed E-state index contributed by atoms with van der Waals surface area (Å²) in [6.45, 7) is 5.22. The molecule has 0 amide bonds. The van der Waals surface area contributed by atoms with E-state index in [9.17, 15) is 44.7 Å². The van der Waals surface area contributed by atoms with E-state index in [0.717, 1.165) is 6.07 Å². The second-order valence-corrected chi connectivity index (χ2v) is 9.15. The van der Waals surface area contributed by atoms with Crippen molar-refractivity contribution in [3.63, 3.8) is 0 Å². The van der Waals surface area contributed by atoms with Crippen LogP contribution in [0.2, 0.25) is 0 Å². The summed E-state index contributed by atoms with van der Waals surface area (Å²) in [6, 6.07) is 2.35. The Bertz CT molecular complexity index is 2650. The number of benzene rings is 3. The van der Waals surface area contributed by atoms with Crippen molar-refractivity contribution in [1.82, 2.24) is 18.8 Å². The molecule has 0 aliphatic carbocycles. The Morgan fingerprint density at radius 1 is 0.634 bits per heavy atom. The SMILES string of the molecule is C=c1c2c(ccc3c2/c(=C\C)c(=O)n2c3nc3c(F)c(F)c(F)c(F)c32)c(=O)n2c1nc1c(F)c(F)c(F)c(F)c12. The van der Waals surface area contributed by atoms with Crippen molar-refractivity contribution in [3.8, 4) is 0 Å². The van der Waals surface area contributed by atoms with Gasteiger partial charge in [-0.05, 0) is 19.1 Å². The lowest BCUT2D eigenvalue weighted by atomic mass is 10.0. The summed E-state index contributed by atoms with van der Waals surface area (Å²) in [7, 11) is 0. The third-order valence-corrected chi connectivity index (χ3v) is 7.19. The molecule has 0 N–H and O–H groups in total. The Kier molecular flexibility index (Phi) is 4.69. The lowest BCUT2D eigenvalue weighted by Gasteiger charge is -2.09. The molecular formula is C27H8F8N4O2. The zero-order chi connectivity index (χ0) is 29.4. The van der Waals surface area contributed by atoms with Gasteiger partial charge in [-0.15, -0.1) is 0 Å². The zero-order valence-electron chi connectivity index (χ0n) is 20.1. The van der Waals surface area contributed by atoms with Gasteiger partial charge < -0.3 is 0 Å². The number of rotatable bonds is 0. The minimum atomic E-state index is -2.17. The highest BCUT2D eigenvalue weighted by atomic mass is 19.2. The van der Waals surface area contributed by atoms with Crippen LogP contribution >= 0.6 is 0 Å². The van der Waals surface area contributed by atoms with Crippen LogP contribution in [0.4, 0.5) is 35.1 Å². The van der Waals surface area contributed by atoms with E-state index >= 15 is 0 Å². The maximum absolute atomic E-state index is 14.8. The average molecular weight is 572 g/mol. The molecular weight excluding hydrogens is 564 g/mol. The standard InChI is InChI=1S/C27H8F8N4O2/c1-3-7-11-8(25-37-21-17(33)13(29)15(31)19(35)23(21)39(25)26(7)40)4-5-9-10(11)6(2)24-36-20-16(32)12(28)14(30)18(34)22(20)38(24)27(9)41/h3-5H,2H2,1H3/b7-3+. The largest absolute Gasteiger partial charge is 0.268 e. The number of fused-ring (bicyclic) bond motifs is 10. The minimum absolute atomic E-state index is 0.0276. The first-order valence-corrected chi connectivity index (χ1v) is 11.5. The van der Waals surface area contributed by atoms with Gasteiger partial charge >= 0.3 is 0 Å². The molecule has 0 radical (unpaired) electrons. The molecule has 4 aromatic heterocycles. The number of aromatic nitrogens is 4. The molecule has 6 nitrogen and oxygen atoms in total. The van der Waals surface area contributed by atoms with Crippen LogP contribution in [-0.4, -0.2) is 18.8 Å². The Morgan fingerprint density at radius 3 is 1.63 bits per heavy atom. The van der Waals surface area contributed by atoms with Gasteiger partial charge in [0.2, 0.25) is 0 Å². The Hall–Kier alpha value is -5.14. The second kappa shape index (κ2) is 7.74. The summed E-state index contributed by atoms with van der Waals surface area (Å²) in [4.78, 5) is 34.8. The summed E-state index contributed by atoms with van der Waals surface area (Å²) in [5.41, 5.74) is -6.98. The smallest absolute Gasteiger partial charge is 0.264 e. The van der Waals surface area contributed by atoms with Gasteiger partial charge in [-0.1, -0.05) is 12.7 Å². The first-order chi connectivity index (χ1) is 19.4. The predicted molar refractivity (Wildman–Crippen MR) is 132 cm³/mol. The molecule has 0 aliphatic rings. The van der Waals surface area contributed by atoms with E-state index < -0.39 is 91.0 Å². The molecule has 0 fully saturated rings. The summed E-state index contributed by atoms with van der Waals surface area (Å²) in [5, 5.41) is -0.888. The molecule has 3 aromatic carbocycles. The van der Waals surface area contributed by atoms with Crippen LogP contribution in [0.15, 0.2) is 21.7 Å². The molecule has 0 saturated heterocycles. The quantitative estimate of drug-likeness (QED) is 0.119. The van der Waals surface area contributed by atoms with Crippen LogP contribution < -0.4 is 21.6 Å². The average Bonchev–Trinajstić information content (AvgIpc) is 3.56. The van der Waals surface area contributed by atoms with Gasteiger partial charge in [0, 0.05) is 32.0 Å². The summed E-state index contributed by atoms with van der Waals surface area (Å²) in [6.07, 6.45) is 1.24. The number of halogens is 8. The molecule has 41 heavy (non-hydrogen) atoms. The van der Waals surface area contributed by atoms with Gasteiger partial charge in [-0.3, -0.25) is 18.4 Å². The highest BCUT2D eigenvalue weighted by Gasteiger charge is 2.29. The van der Waals surface area contributed by atoms with E-state index in [4.69, 9.17) is 0 Å². The topological polar surface area (TPSA) is 68.7 Å². The molecule has 0 saturated carbocycles. The van der Waals surface area contributed by atoms with Gasteiger partial charge in [0.25, 0.3) is 11.1 Å². The lowest BCUT2D eigenvalue weighted by molar-refractivity contribution is 0.416. The minimum Gasteiger partial charge on any atom is -0.268 e. The third-order valence-electron chi connectivity index (χ3n) is 7.19. The molecule has 7 rings (SSSR count). The van der Waals surface area contributed by atoms with Gasteiger partial charge in [0.1, 0.15) is 33.4 Å². The molecule has 0 atom stereocenters. The van der Waals surface area contributed by atoms with Gasteiger partial charge in [-0.25, -0.2) is 45.1 Å². The second-order valence-electron chi connectivity index (χ2n) is 9.15. The van der Waals surface area contributed by atoms with E-state index in [-0.39, 0.29) is 32.0 Å². The fraction of sp³-hybridized carbons (Fsp3) is 0.0370. The maximum Gasteiger partial charge on any atom is 0.264 e. The molecule has 7 aromatic rings. The Morgan fingerprint density at radius 2 is 1.10 bits per heavy atom. The summed E-state index contributed by atoms with van der Waals surface area (Å²) in [5.74, 6) is -16.0. The molecule has 4 heterocycles. The zero-order valence-corrected chi connectivity index (χ0v) is 20.1. The maximum atomic E-state index is 14.8. The summed E-state index contributed by atoms with van der Waals surface area (Å²) >= 11 is 0. The third kappa shape index (κ3) is 2.71. The van der Waals surface area contributed by atoms with Crippen LogP contribution in [0.3, 0.4) is 0 Å². The first-order valence-electron chi connectivity index (χ1n) is 11.5. The number of pyridine rings is 2. The molecule has 0 aliphatic heterocycles. The monoisotopic (exact) mass is 572 g/mol. The van der Waals surface area contributed by atoms with Crippen LogP contribution in [0, 0.1) is 46.5 Å². The van der Waals surface area contributed by atoms with E-state index in [0.29, 0.717) is 8.80 Å². The van der Waals surface area contributed by atoms with Crippen LogP contribution in [0.5, 0.6) is 0 Å². The number of hydrogen-bond donors (Lipinski definition) is 0. The van der Waals surface area contributed by atoms with E-state index in [1.165, 1.54) is 19.1 Å². The van der Waals surface area contributed by atoms with Crippen molar-refractivity contribution in [2.75, 3.05) is 0 Å². The van der Waals surface area contributed by atoms with Gasteiger partial charge in [0.15, 0.2) is 46.5 Å². The number of imidazole rings is 2. The Balaban J connectivity index is 1.81. The molecule has 0 spiro atoms. The van der Waals surface area contributed by atoms with Crippen LogP contribution in [0.25, 0.3) is 67.6 Å². The molecule has 0 unspecified atom stereocenters. The normalized spacial score (nSPS) is 13.0. The highest BCUT2D eigenvalue weighted by Crippen LogP contribution is 2.31. The lowest BCUT2D eigenvalue weighted by Crippen LogP contribution is -2.33. The van der Waals surface area contributed by atoms with Crippen molar-refractivity contribution in [2.45, 2.75) is 6.92 Å². The summed E-state index contributed by atoms with van der Waals surface area (Å²) < 4.78 is 116. The van der Waals surface area contributed by atoms with E-state index in [1.54, 1.807) is 0 Å². The molecule has 0 bridgehead atoms. The fourth-order valence-corrected chi connectivity index (χ4v) is 5.42. The fourth-order valence-electron chi connectivity index (χ4n) is 5.42. The van der Waals surface area contributed by atoms with E-state index in [1.807, 2.05) is 0 Å². The van der Waals surface area contributed by atoms with Crippen molar-refractivity contribution >= 4 is 67.6 Å². The highest BCUT2D eigenvalue weighted by molar-refractivity contribution is 6.14.